The van der Waals surface area contributed by atoms with Gasteiger partial charge in [0.15, 0.2) is 0 Å². The van der Waals surface area contributed by atoms with Gasteiger partial charge in [-0.2, -0.15) is 0 Å². The first-order chi connectivity index (χ1) is 4.09. The summed E-state index contributed by atoms with van der Waals surface area (Å²) in [6.07, 6.45) is 1.60. The monoisotopic (exact) mass is 192 g/mol. The van der Waals surface area contributed by atoms with E-state index in [1.165, 1.54) is 0 Å². The largest absolute Gasteiger partial charge is 0.480 e. The van der Waals surface area contributed by atoms with Gasteiger partial charge in [0, 0.05) is 0 Å². The molecule has 9 heavy (non-hydrogen) atoms. The van der Waals surface area contributed by atoms with E-state index in [1.807, 2.05) is 0 Å². The second kappa shape index (κ2) is 3.67. The summed E-state index contributed by atoms with van der Waals surface area (Å²) in [5.74, 6) is -0.870. The first-order valence-electron chi connectivity index (χ1n) is 2.59. The van der Waals surface area contributed by atoms with Gasteiger partial charge in [0.05, 0.1) is 0 Å². The number of allylic oxidation sites excluding steroid dienone is 1. The Morgan fingerprint density at radius 1 is 1.89 bits per heavy atom. The molecule has 1 N–H and O–H groups in total. The Morgan fingerprint density at radius 3 is 2.44 bits per heavy atom. The third-order valence-electron chi connectivity index (χ3n) is 1.07. The quantitative estimate of drug-likeness (QED) is 0.546. The molecule has 0 bridgehead atoms. The lowest BCUT2D eigenvalue weighted by Crippen LogP contribution is -2.19. The van der Waals surface area contributed by atoms with Crippen LogP contribution in [0.3, 0.4) is 0 Å². The van der Waals surface area contributed by atoms with Gasteiger partial charge in [-0.1, -0.05) is 28.9 Å². The van der Waals surface area contributed by atoms with Gasteiger partial charge in [-0.05, 0) is 5.92 Å². The molecule has 0 spiro atoms. The fourth-order valence-electron chi connectivity index (χ4n) is 0.344. The molecule has 0 fully saturated rings. The Kier molecular flexibility index (Phi) is 3.54. The molecule has 0 radical (unpaired) electrons. The van der Waals surface area contributed by atoms with E-state index in [2.05, 4.69) is 22.5 Å². The first-order valence-corrected chi connectivity index (χ1v) is 3.50. The Hall–Kier alpha value is -0.310. The summed E-state index contributed by atoms with van der Waals surface area (Å²) in [6.45, 7) is 5.26. The van der Waals surface area contributed by atoms with Crippen molar-refractivity contribution in [2.75, 3.05) is 0 Å². The molecule has 52 valence electrons. The second-order valence-corrected chi connectivity index (χ2v) is 2.82. The average Bonchev–Trinajstić information content (AvgIpc) is 1.84. The zero-order valence-electron chi connectivity index (χ0n) is 5.17. The van der Waals surface area contributed by atoms with Crippen LogP contribution < -0.4 is 0 Å². The van der Waals surface area contributed by atoms with E-state index < -0.39 is 10.8 Å². The molecule has 0 unspecified atom stereocenters. The van der Waals surface area contributed by atoms with Gasteiger partial charge in [-0.15, -0.1) is 6.58 Å². The highest BCUT2D eigenvalue weighted by Gasteiger charge is 2.17. The predicted octanol–water partition coefficient (Wildman–Crippen LogP) is 1.66. The zero-order chi connectivity index (χ0) is 7.44. The molecule has 0 aromatic heterocycles. The van der Waals surface area contributed by atoms with Gasteiger partial charge < -0.3 is 5.11 Å². The molecule has 0 aliphatic heterocycles. The molecule has 2 nitrogen and oxygen atoms in total. The lowest BCUT2D eigenvalue weighted by atomic mass is 10.1. The van der Waals surface area contributed by atoms with Gasteiger partial charge in [0.2, 0.25) is 0 Å². The van der Waals surface area contributed by atoms with E-state index in [0.717, 1.165) is 0 Å². The lowest BCUT2D eigenvalue weighted by Gasteiger charge is -2.07. The lowest BCUT2D eigenvalue weighted by molar-refractivity contribution is -0.136. The van der Waals surface area contributed by atoms with Crippen molar-refractivity contribution < 1.29 is 9.90 Å². The first kappa shape index (κ1) is 8.69. The van der Waals surface area contributed by atoms with Crippen molar-refractivity contribution in [2.24, 2.45) is 5.92 Å². The summed E-state index contributed by atoms with van der Waals surface area (Å²) < 4.78 is 0. The fourth-order valence-corrected chi connectivity index (χ4v) is 0.560. The molecule has 0 aromatic rings. The molecule has 0 saturated heterocycles. The molecule has 0 heterocycles. The number of hydrogen-bond donors (Lipinski definition) is 1. The summed E-state index contributed by atoms with van der Waals surface area (Å²) in [7, 11) is 0. The topological polar surface area (TPSA) is 37.3 Å². The van der Waals surface area contributed by atoms with Gasteiger partial charge in [-0.25, -0.2) is 0 Å². The van der Waals surface area contributed by atoms with Crippen molar-refractivity contribution >= 4 is 21.9 Å². The van der Waals surface area contributed by atoms with Crippen molar-refractivity contribution in [3.05, 3.63) is 12.7 Å². The Labute approximate surface area is 62.7 Å². The van der Waals surface area contributed by atoms with Crippen molar-refractivity contribution in [3.63, 3.8) is 0 Å². The maximum atomic E-state index is 10.2. The molecule has 0 aliphatic carbocycles. The van der Waals surface area contributed by atoms with Crippen LogP contribution >= 0.6 is 15.9 Å². The van der Waals surface area contributed by atoms with E-state index in [0.29, 0.717) is 0 Å². The van der Waals surface area contributed by atoms with E-state index in [4.69, 9.17) is 5.11 Å². The predicted molar refractivity (Wildman–Crippen MR) is 39.7 cm³/mol. The van der Waals surface area contributed by atoms with Crippen molar-refractivity contribution in [2.45, 2.75) is 11.8 Å². The third-order valence-corrected chi connectivity index (χ3v) is 2.29. The van der Waals surface area contributed by atoms with Crippen LogP contribution in [0.5, 0.6) is 0 Å². The molecule has 0 amide bonds. The standard InChI is InChI=1S/C6H9BrO2/c1-3-4(2)5(7)6(8)9/h3-5H,1H2,2H3,(H,8,9)/t4-,5+/m0/s1. The Balaban J connectivity index is 3.86. The van der Waals surface area contributed by atoms with Crippen LogP contribution in [0.1, 0.15) is 6.92 Å². The smallest absolute Gasteiger partial charge is 0.317 e. The molecule has 0 rings (SSSR count). The van der Waals surface area contributed by atoms with E-state index >= 15 is 0 Å². The summed E-state index contributed by atoms with van der Waals surface area (Å²) in [5.41, 5.74) is 0. The molecule has 2 atom stereocenters. The van der Waals surface area contributed by atoms with Crippen LogP contribution in [0.25, 0.3) is 0 Å². The number of rotatable bonds is 3. The summed E-state index contributed by atoms with van der Waals surface area (Å²) >= 11 is 3.00. The third kappa shape index (κ3) is 2.65. The van der Waals surface area contributed by atoms with E-state index in [-0.39, 0.29) is 5.92 Å². The van der Waals surface area contributed by atoms with E-state index in [9.17, 15) is 4.79 Å². The van der Waals surface area contributed by atoms with Gasteiger partial charge in [0.25, 0.3) is 0 Å². The van der Waals surface area contributed by atoms with E-state index in [1.54, 1.807) is 13.0 Å². The molecular weight excluding hydrogens is 184 g/mol. The second-order valence-electron chi connectivity index (χ2n) is 1.83. The highest BCUT2D eigenvalue weighted by atomic mass is 79.9. The van der Waals surface area contributed by atoms with Crippen molar-refractivity contribution in [1.82, 2.24) is 0 Å². The van der Waals surface area contributed by atoms with Crippen LogP contribution in [0.2, 0.25) is 0 Å². The molecule has 0 saturated carbocycles. The van der Waals surface area contributed by atoms with Crippen molar-refractivity contribution in [1.29, 1.82) is 0 Å². The van der Waals surface area contributed by atoms with Crippen LogP contribution in [-0.2, 0) is 4.79 Å². The number of halogens is 1. The molecular formula is C6H9BrO2. The Morgan fingerprint density at radius 2 is 2.33 bits per heavy atom. The minimum absolute atomic E-state index is 0.0255. The SMILES string of the molecule is C=C[C@H](C)[C@@H](Br)C(=O)O. The normalized spacial score (nSPS) is 16.2. The minimum atomic E-state index is -0.845. The number of carboxylic acids is 1. The number of carbonyl (C=O) groups is 1. The minimum Gasteiger partial charge on any atom is -0.480 e. The number of aliphatic carboxylic acids is 1. The zero-order valence-corrected chi connectivity index (χ0v) is 6.76. The number of hydrogen-bond acceptors (Lipinski definition) is 1. The van der Waals surface area contributed by atoms with Gasteiger partial charge in [-0.3, -0.25) is 4.79 Å². The maximum absolute atomic E-state index is 10.2. The summed E-state index contributed by atoms with van der Waals surface area (Å²) in [4.78, 5) is 9.70. The van der Waals surface area contributed by atoms with Crippen LogP contribution in [0.15, 0.2) is 12.7 Å². The van der Waals surface area contributed by atoms with Gasteiger partial charge in [0.1, 0.15) is 4.83 Å². The van der Waals surface area contributed by atoms with Crippen molar-refractivity contribution in [3.8, 4) is 0 Å². The highest BCUT2D eigenvalue weighted by molar-refractivity contribution is 9.10. The maximum Gasteiger partial charge on any atom is 0.317 e. The van der Waals surface area contributed by atoms with Gasteiger partial charge >= 0.3 is 5.97 Å². The highest BCUT2D eigenvalue weighted by Crippen LogP contribution is 2.12. The van der Waals surface area contributed by atoms with Crippen LogP contribution in [0.4, 0.5) is 0 Å². The Bertz CT molecular complexity index is 122. The number of carboxylic acid groups (broad SMARTS) is 1. The fraction of sp³-hybridized carbons (Fsp3) is 0.500. The molecule has 0 aromatic carbocycles. The van der Waals surface area contributed by atoms with Crippen LogP contribution in [0, 0.1) is 5.92 Å². The molecule has 3 heteroatoms. The summed E-state index contributed by atoms with van der Waals surface area (Å²) in [5, 5.41) is 8.39. The molecule has 0 aliphatic rings. The number of alkyl halides is 1. The van der Waals surface area contributed by atoms with Crippen LogP contribution in [-0.4, -0.2) is 15.9 Å². The summed E-state index contributed by atoms with van der Waals surface area (Å²) in [6, 6.07) is 0. The average molecular weight is 193 g/mol.